The molecule has 1 fully saturated rings. The van der Waals surface area contributed by atoms with Gasteiger partial charge in [0.2, 0.25) is 0 Å². The SMILES string of the molecule is CC1C(Cl)CCCN1c1ncncc1Cl. The predicted octanol–water partition coefficient (Wildman–Crippen LogP) is 2.73. The number of rotatable bonds is 1. The Bertz CT molecular complexity index is 345. The second kappa shape index (κ2) is 4.54. The summed E-state index contributed by atoms with van der Waals surface area (Å²) in [6, 6.07) is 0.271. The lowest BCUT2D eigenvalue weighted by Gasteiger charge is -2.37. The topological polar surface area (TPSA) is 29.0 Å². The molecule has 0 saturated carbocycles. The maximum absolute atomic E-state index is 6.24. The number of halogens is 2. The van der Waals surface area contributed by atoms with Crippen molar-refractivity contribution in [2.45, 2.75) is 31.2 Å². The second-order valence-corrected chi connectivity index (χ2v) is 4.75. The summed E-state index contributed by atoms with van der Waals surface area (Å²) in [6.45, 7) is 3.07. The number of aromatic nitrogens is 2. The Morgan fingerprint density at radius 3 is 3.07 bits per heavy atom. The van der Waals surface area contributed by atoms with E-state index < -0.39 is 0 Å². The summed E-state index contributed by atoms with van der Waals surface area (Å²) in [7, 11) is 0. The summed E-state index contributed by atoms with van der Waals surface area (Å²) in [4.78, 5) is 10.3. The molecule has 1 aliphatic heterocycles. The van der Waals surface area contributed by atoms with Crippen LogP contribution < -0.4 is 4.90 Å². The average molecular weight is 246 g/mol. The standard InChI is InChI=1S/C10H13Cl2N3/c1-7-8(11)3-2-4-15(7)10-9(12)5-13-6-14-10/h5-8H,2-4H2,1H3. The highest BCUT2D eigenvalue weighted by atomic mass is 35.5. The van der Waals surface area contributed by atoms with Gasteiger partial charge in [-0.2, -0.15) is 0 Å². The van der Waals surface area contributed by atoms with Crippen molar-refractivity contribution >= 4 is 29.0 Å². The monoisotopic (exact) mass is 245 g/mol. The largest absolute Gasteiger partial charge is 0.351 e. The van der Waals surface area contributed by atoms with Gasteiger partial charge in [-0.15, -0.1) is 11.6 Å². The van der Waals surface area contributed by atoms with Crippen LogP contribution in [-0.2, 0) is 0 Å². The van der Waals surface area contributed by atoms with Crippen LogP contribution in [0.25, 0.3) is 0 Å². The van der Waals surface area contributed by atoms with E-state index in [1.54, 1.807) is 6.20 Å². The van der Waals surface area contributed by atoms with E-state index >= 15 is 0 Å². The zero-order valence-electron chi connectivity index (χ0n) is 8.53. The summed E-state index contributed by atoms with van der Waals surface area (Å²) in [5, 5.41) is 0.764. The predicted molar refractivity (Wildman–Crippen MR) is 62.7 cm³/mol. The number of hydrogen-bond acceptors (Lipinski definition) is 3. The number of piperidine rings is 1. The number of nitrogens with zero attached hydrogens (tertiary/aromatic N) is 3. The Hall–Kier alpha value is -0.540. The van der Waals surface area contributed by atoms with Crippen LogP contribution in [0.1, 0.15) is 19.8 Å². The van der Waals surface area contributed by atoms with Crippen molar-refractivity contribution < 1.29 is 0 Å². The second-order valence-electron chi connectivity index (χ2n) is 3.79. The van der Waals surface area contributed by atoms with E-state index in [4.69, 9.17) is 23.2 Å². The lowest BCUT2D eigenvalue weighted by atomic mass is 10.0. The third kappa shape index (κ3) is 2.18. The molecular formula is C10H13Cl2N3. The molecule has 15 heavy (non-hydrogen) atoms. The minimum absolute atomic E-state index is 0.171. The van der Waals surface area contributed by atoms with Crippen LogP contribution in [0.4, 0.5) is 5.82 Å². The first kappa shape index (κ1) is 11.0. The molecule has 82 valence electrons. The number of anilines is 1. The van der Waals surface area contributed by atoms with Crippen molar-refractivity contribution in [3.8, 4) is 0 Å². The lowest BCUT2D eigenvalue weighted by molar-refractivity contribution is 0.488. The van der Waals surface area contributed by atoms with Crippen molar-refractivity contribution in [2.75, 3.05) is 11.4 Å². The molecule has 0 aromatic carbocycles. The quantitative estimate of drug-likeness (QED) is 0.713. The van der Waals surface area contributed by atoms with Gasteiger partial charge in [-0.25, -0.2) is 9.97 Å². The molecule has 2 heterocycles. The van der Waals surface area contributed by atoms with Crippen LogP contribution >= 0.6 is 23.2 Å². The van der Waals surface area contributed by atoms with Gasteiger partial charge in [0.25, 0.3) is 0 Å². The Labute approximate surface area is 99.4 Å². The fourth-order valence-electron chi connectivity index (χ4n) is 1.91. The molecule has 1 aromatic rings. The first-order valence-corrected chi connectivity index (χ1v) is 5.88. The molecule has 1 aromatic heterocycles. The van der Waals surface area contributed by atoms with Crippen LogP contribution in [0.5, 0.6) is 0 Å². The van der Waals surface area contributed by atoms with Gasteiger partial charge in [-0.05, 0) is 19.8 Å². The summed E-state index contributed by atoms with van der Waals surface area (Å²) >= 11 is 12.3. The minimum Gasteiger partial charge on any atom is -0.351 e. The molecule has 1 aliphatic rings. The summed E-state index contributed by atoms with van der Waals surface area (Å²) < 4.78 is 0. The van der Waals surface area contributed by atoms with Crippen LogP contribution in [-0.4, -0.2) is 27.9 Å². The van der Waals surface area contributed by atoms with Gasteiger partial charge in [0, 0.05) is 12.6 Å². The van der Waals surface area contributed by atoms with Crippen molar-refractivity contribution in [1.82, 2.24) is 9.97 Å². The normalized spacial score (nSPS) is 26.7. The van der Waals surface area contributed by atoms with E-state index in [2.05, 4.69) is 21.8 Å². The van der Waals surface area contributed by atoms with Gasteiger partial charge >= 0.3 is 0 Å². The maximum Gasteiger partial charge on any atom is 0.151 e. The fourth-order valence-corrected chi connectivity index (χ4v) is 2.42. The zero-order chi connectivity index (χ0) is 10.8. The van der Waals surface area contributed by atoms with Gasteiger partial charge < -0.3 is 4.90 Å². The fraction of sp³-hybridized carbons (Fsp3) is 0.600. The molecule has 0 aliphatic carbocycles. The molecular weight excluding hydrogens is 233 g/mol. The Morgan fingerprint density at radius 1 is 1.53 bits per heavy atom. The Kier molecular flexibility index (Phi) is 3.32. The van der Waals surface area contributed by atoms with Crippen LogP contribution in [0.15, 0.2) is 12.5 Å². The molecule has 5 heteroatoms. The third-order valence-corrected chi connectivity index (χ3v) is 3.66. The average Bonchev–Trinajstić information content (AvgIpc) is 2.23. The highest BCUT2D eigenvalue weighted by molar-refractivity contribution is 6.32. The van der Waals surface area contributed by atoms with E-state index in [9.17, 15) is 0 Å². The first-order valence-electron chi connectivity index (χ1n) is 5.06. The Balaban J connectivity index is 2.26. The molecule has 3 nitrogen and oxygen atoms in total. The van der Waals surface area contributed by atoms with E-state index in [0.29, 0.717) is 5.02 Å². The first-order chi connectivity index (χ1) is 7.20. The van der Waals surface area contributed by atoms with E-state index in [1.807, 2.05) is 0 Å². The van der Waals surface area contributed by atoms with Gasteiger partial charge in [0.1, 0.15) is 11.3 Å². The van der Waals surface area contributed by atoms with Gasteiger partial charge in [0.15, 0.2) is 5.82 Å². The zero-order valence-corrected chi connectivity index (χ0v) is 10.0. The minimum atomic E-state index is 0.171. The van der Waals surface area contributed by atoms with Crippen molar-refractivity contribution in [3.63, 3.8) is 0 Å². The molecule has 0 N–H and O–H groups in total. The highest BCUT2D eigenvalue weighted by Gasteiger charge is 2.28. The van der Waals surface area contributed by atoms with E-state index in [0.717, 1.165) is 25.2 Å². The van der Waals surface area contributed by atoms with Crippen LogP contribution in [0.2, 0.25) is 5.02 Å². The van der Waals surface area contributed by atoms with Crippen molar-refractivity contribution in [3.05, 3.63) is 17.5 Å². The maximum atomic E-state index is 6.24. The van der Waals surface area contributed by atoms with Gasteiger partial charge in [-0.3, -0.25) is 0 Å². The molecule has 2 atom stereocenters. The summed E-state index contributed by atoms with van der Waals surface area (Å²) in [5.74, 6) is 0.796. The molecule has 1 saturated heterocycles. The lowest BCUT2D eigenvalue weighted by Crippen LogP contribution is -2.44. The summed E-state index contributed by atoms with van der Waals surface area (Å²) in [6.07, 6.45) is 5.28. The Morgan fingerprint density at radius 2 is 2.33 bits per heavy atom. The van der Waals surface area contributed by atoms with Crippen molar-refractivity contribution in [2.24, 2.45) is 0 Å². The molecule has 0 spiro atoms. The van der Waals surface area contributed by atoms with Crippen LogP contribution in [0, 0.1) is 0 Å². The van der Waals surface area contributed by atoms with Gasteiger partial charge in [0.05, 0.1) is 11.6 Å². The van der Waals surface area contributed by atoms with E-state index in [-0.39, 0.29) is 11.4 Å². The van der Waals surface area contributed by atoms with E-state index in [1.165, 1.54) is 6.33 Å². The van der Waals surface area contributed by atoms with Crippen LogP contribution in [0.3, 0.4) is 0 Å². The smallest absolute Gasteiger partial charge is 0.151 e. The molecule has 2 rings (SSSR count). The van der Waals surface area contributed by atoms with Gasteiger partial charge in [-0.1, -0.05) is 11.6 Å². The number of alkyl halides is 1. The van der Waals surface area contributed by atoms with Crippen molar-refractivity contribution in [1.29, 1.82) is 0 Å². The third-order valence-electron chi connectivity index (χ3n) is 2.81. The molecule has 0 radical (unpaired) electrons. The molecule has 0 bridgehead atoms. The highest BCUT2D eigenvalue weighted by Crippen LogP contribution is 2.30. The molecule has 2 unspecified atom stereocenters. The molecule has 0 amide bonds. The summed E-state index contributed by atoms with van der Waals surface area (Å²) in [5.41, 5.74) is 0. The number of hydrogen-bond donors (Lipinski definition) is 0.